The van der Waals surface area contributed by atoms with Crippen LogP contribution in [-0.2, 0) is 22.4 Å². The molecule has 9 heteroatoms. The first-order chi connectivity index (χ1) is 14.6. The third-order valence-corrected chi connectivity index (χ3v) is 4.67. The van der Waals surface area contributed by atoms with Crippen LogP contribution in [0, 0.1) is 0 Å². The lowest BCUT2D eigenvalue weighted by Crippen LogP contribution is -2.20. The molecule has 0 aliphatic carbocycles. The number of hydrogen-bond donors (Lipinski definition) is 1. The molecule has 0 bridgehead atoms. The summed E-state index contributed by atoms with van der Waals surface area (Å²) >= 11 is 6.18. The zero-order valence-electron chi connectivity index (χ0n) is 17.6. The second-order valence-corrected chi connectivity index (χ2v) is 6.95. The number of fused-ring (bicyclic) bond motifs is 1. The highest BCUT2D eigenvalue weighted by Crippen LogP contribution is 2.20. The van der Waals surface area contributed by atoms with Crippen molar-refractivity contribution in [3.8, 4) is 5.88 Å². The number of halogens is 1. The van der Waals surface area contributed by atoms with Crippen molar-refractivity contribution < 1.29 is 14.2 Å². The lowest BCUT2D eigenvalue weighted by molar-refractivity contribution is -0.142. The van der Waals surface area contributed by atoms with E-state index in [4.69, 9.17) is 25.8 Å². The fourth-order valence-corrected chi connectivity index (χ4v) is 3.18. The summed E-state index contributed by atoms with van der Waals surface area (Å²) in [7, 11) is 0. The van der Waals surface area contributed by atoms with Crippen LogP contribution in [0.4, 0.5) is 5.82 Å². The Morgan fingerprint density at radius 2 is 1.93 bits per heavy atom. The minimum absolute atomic E-state index is 0.247. The molecular formula is C21H28ClN5O3. The molecule has 0 aliphatic rings. The van der Waals surface area contributed by atoms with E-state index in [1.54, 1.807) is 16.8 Å². The average Bonchev–Trinajstić information content (AvgIpc) is 3.16. The van der Waals surface area contributed by atoms with Crippen LogP contribution in [0.5, 0.6) is 5.88 Å². The van der Waals surface area contributed by atoms with Crippen molar-refractivity contribution in [1.29, 1.82) is 0 Å². The lowest BCUT2D eigenvalue weighted by atomic mass is 10.2. The molecule has 0 radical (unpaired) electrons. The molecule has 0 saturated carbocycles. The predicted octanol–water partition coefficient (Wildman–Crippen LogP) is 4.12. The molecule has 0 amide bonds. The van der Waals surface area contributed by atoms with Gasteiger partial charge in [0, 0.05) is 50.1 Å². The molecule has 0 unspecified atom stereocenters. The maximum absolute atomic E-state index is 6.18. The van der Waals surface area contributed by atoms with Crippen molar-refractivity contribution in [2.24, 2.45) is 0 Å². The average molecular weight is 434 g/mol. The Morgan fingerprint density at radius 1 is 1.13 bits per heavy atom. The van der Waals surface area contributed by atoms with E-state index in [-0.39, 0.29) is 6.29 Å². The van der Waals surface area contributed by atoms with Crippen LogP contribution in [0.25, 0.3) is 5.65 Å². The Hall–Kier alpha value is -2.42. The number of rotatable bonds is 12. The molecule has 0 atom stereocenters. The van der Waals surface area contributed by atoms with Crippen molar-refractivity contribution >= 4 is 23.1 Å². The van der Waals surface area contributed by atoms with Crippen molar-refractivity contribution in [3.63, 3.8) is 0 Å². The van der Waals surface area contributed by atoms with E-state index in [1.165, 1.54) is 0 Å². The number of anilines is 1. The van der Waals surface area contributed by atoms with Gasteiger partial charge in [0.25, 0.3) is 0 Å². The number of nitrogens with one attached hydrogen (secondary N) is 1. The van der Waals surface area contributed by atoms with Gasteiger partial charge in [-0.1, -0.05) is 24.6 Å². The summed E-state index contributed by atoms with van der Waals surface area (Å²) < 4.78 is 18.5. The van der Waals surface area contributed by atoms with Gasteiger partial charge < -0.3 is 19.5 Å². The Morgan fingerprint density at radius 3 is 2.60 bits per heavy atom. The van der Waals surface area contributed by atoms with Gasteiger partial charge in [-0.3, -0.25) is 0 Å². The van der Waals surface area contributed by atoms with Crippen molar-refractivity contribution in [1.82, 2.24) is 19.6 Å². The third kappa shape index (κ3) is 5.81. The van der Waals surface area contributed by atoms with E-state index < -0.39 is 0 Å². The Bertz CT molecular complexity index is 926. The summed E-state index contributed by atoms with van der Waals surface area (Å²) in [5.41, 5.74) is 2.83. The number of aryl methyl sites for hydroxylation is 1. The summed E-state index contributed by atoms with van der Waals surface area (Å²) in [6.45, 7) is 8.22. The van der Waals surface area contributed by atoms with E-state index >= 15 is 0 Å². The van der Waals surface area contributed by atoms with Gasteiger partial charge in [-0.25, -0.2) is 9.97 Å². The van der Waals surface area contributed by atoms with E-state index in [2.05, 4.69) is 27.3 Å². The van der Waals surface area contributed by atoms with E-state index in [0.29, 0.717) is 43.8 Å². The molecule has 3 aromatic heterocycles. The van der Waals surface area contributed by atoms with Gasteiger partial charge in [-0.15, -0.1) is 0 Å². The molecule has 3 rings (SSSR count). The van der Waals surface area contributed by atoms with Gasteiger partial charge in [0.2, 0.25) is 5.88 Å². The molecule has 0 spiro atoms. The fourth-order valence-electron chi connectivity index (χ4n) is 2.99. The molecule has 0 saturated heterocycles. The van der Waals surface area contributed by atoms with Crippen LogP contribution < -0.4 is 10.1 Å². The highest BCUT2D eigenvalue weighted by molar-refractivity contribution is 6.29. The van der Waals surface area contributed by atoms with Crippen LogP contribution in [-0.4, -0.2) is 45.7 Å². The van der Waals surface area contributed by atoms with Gasteiger partial charge in [-0.05, 0) is 25.8 Å². The lowest BCUT2D eigenvalue weighted by Gasteiger charge is -2.16. The zero-order chi connectivity index (χ0) is 21.3. The van der Waals surface area contributed by atoms with Crippen molar-refractivity contribution in [2.45, 2.75) is 46.4 Å². The number of aromatic nitrogens is 4. The third-order valence-electron chi connectivity index (χ3n) is 4.47. The SMILES string of the molecule is CCOC(CCOc1ccc(CNc2cc(Cl)nc3c(CC)cnn23)cn1)OCC. The van der Waals surface area contributed by atoms with Crippen LogP contribution in [0.15, 0.2) is 30.6 Å². The van der Waals surface area contributed by atoms with Crippen molar-refractivity contribution in [3.05, 3.63) is 46.9 Å². The van der Waals surface area contributed by atoms with Crippen LogP contribution in [0.3, 0.4) is 0 Å². The van der Waals surface area contributed by atoms with Crippen LogP contribution in [0.1, 0.15) is 38.3 Å². The largest absolute Gasteiger partial charge is 0.477 e. The first kappa shape index (κ1) is 22.3. The molecule has 0 aromatic carbocycles. The summed E-state index contributed by atoms with van der Waals surface area (Å²) in [5, 5.41) is 8.19. The number of pyridine rings is 1. The number of hydrogen-bond acceptors (Lipinski definition) is 7. The smallest absolute Gasteiger partial charge is 0.213 e. The van der Waals surface area contributed by atoms with Gasteiger partial charge >= 0.3 is 0 Å². The summed E-state index contributed by atoms with van der Waals surface area (Å²) in [6.07, 6.45) is 4.85. The van der Waals surface area contributed by atoms with Gasteiger partial charge in [0.1, 0.15) is 11.0 Å². The molecule has 162 valence electrons. The normalized spacial score (nSPS) is 11.4. The maximum Gasteiger partial charge on any atom is 0.213 e. The van der Waals surface area contributed by atoms with Gasteiger partial charge in [0.05, 0.1) is 12.8 Å². The first-order valence-corrected chi connectivity index (χ1v) is 10.6. The molecule has 3 heterocycles. The molecule has 3 aromatic rings. The monoisotopic (exact) mass is 433 g/mol. The van der Waals surface area contributed by atoms with E-state index in [1.807, 2.05) is 32.2 Å². The van der Waals surface area contributed by atoms with Gasteiger partial charge in [0.15, 0.2) is 11.9 Å². The molecular weight excluding hydrogens is 406 g/mol. The summed E-state index contributed by atoms with van der Waals surface area (Å²) in [5.74, 6) is 1.35. The van der Waals surface area contributed by atoms with Gasteiger partial charge in [-0.2, -0.15) is 9.61 Å². The Kier molecular flexibility index (Phi) is 8.24. The highest BCUT2D eigenvalue weighted by Gasteiger charge is 2.10. The topological polar surface area (TPSA) is 82.8 Å². The van der Waals surface area contributed by atoms with E-state index in [0.717, 1.165) is 29.0 Å². The quantitative estimate of drug-likeness (QED) is 0.339. The zero-order valence-corrected chi connectivity index (χ0v) is 18.4. The van der Waals surface area contributed by atoms with Crippen LogP contribution in [0.2, 0.25) is 5.15 Å². The molecule has 0 fully saturated rings. The standard InChI is InChI=1S/C21H28ClN5O3/c1-4-16-14-25-27-18(11-17(22)26-21(16)27)23-12-15-7-8-19(24-13-15)30-10-9-20(28-5-2)29-6-3/h7-8,11,13-14,20,23H,4-6,9-10,12H2,1-3H3. The minimum Gasteiger partial charge on any atom is -0.477 e. The maximum atomic E-state index is 6.18. The Balaban J connectivity index is 1.55. The molecule has 1 N–H and O–H groups in total. The molecule has 0 aliphatic heterocycles. The second-order valence-electron chi connectivity index (χ2n) is 6.56. The Labute approximate surface area is 181 Å². The summed E-state index contributed by atoms with van der Waals surface area (Å²) in [4.78, 5) is 8.75. The summed E-state index contributed by atoms with van der Waals surface area (Å²) in [6, 6.07) is 5.59. The molecule has 30 heavy (non-hydrogen) atoms. The van der Waals surface area contributed by atoms with Crippen LogP contribution >= 0.6 is 11.6 Å². The second kappa shape index (κ2) is 11.1. The van der Waals surface area contributed by atoms with E-state index in [9.17, 15) is 0 Å². The highest BCUT2D eigenvalue weighted by atomic mass is 35.5. The first-order valence-electron chi connectivity index (χ1n) is 10.2. The van der Waals surface area contributed by atoms with Crippen molar-refractivity contribution in [2.75, 3.05) is 25.1 Å². The minimum atomic E-state index is -0.247. The molecule has 8 nitrogen and oxygen atoms in total. The number of nitrogens with zero attached hydrogens (tertiary/aromatic N) is 4. The number of ether oxygens (including phenoxy) is 3. The fraction of sp³-hybridized carbons (Fsp3) is 0.476. The predicted molar refractivity (Wildman–Crippen MR) is 116 cm³/mol.